The highest BCUT2D eigenvalue weighted by atomic mass is 16.7. The molecule has 1 atom stereocenters. The molecule has 4 heteroatoms. The molecule has 0 amide bonds. The molecule has 4 nitrogen and oxygen atoms in total. The molecular formula is C15H22N2O2. The Kier molecular flexibility index (Phi) is 3.89. The van der Waals surface area contributed by atoms with E-state index in [9.17, 15) is 0 Å². The van der Waals surface area contributed by atoms with Gasteiger partial charge in [-0.15, -0.1) is 0 Å². The van der Waals surface area contributed by atoms with Gasteiger partial charge in [-0.25, -0.2) is 0 Å². The van der Waals surface area contributed by atoms with Crippen LogP contribution in [-0.2, 0) is 0 Å². The van der Waals surface area contributed by atoms with Crippen LogP contribution in [0.5, 0.6) is 11.5 Å². The number of rotatable bonds is 7. The van der Waals surface area contributed by atoms with Crippen LogP contribution in [0.25, 0.3) is 0 Å². The van der Waals surface area contributed by atoms with Crippen molar-refractivity contribution in [1.82, 2.24) is 5.32 Å². The summed E-state index contributed by atoms with van der Waals surface area (Å²) in [6.07, 6.45) is 5.46. The summed E-state index contributed by atoms with van der Waals surface area (Å²) in [7, 11) is 0. The molecule has 1 aliphatic heterocycles. The highest BCUT2D eigenvalue weighted by Crippen LogP contribution is 2.34. The minimum absolute atomic E-state index is 0.203. The van der Waals surface area contributed by atoms with E-state index in [2.05, 4.69) is 11.4 Å². The third kappa shape index (κ3) is 3.19. The van der Waals surface area contributed by atoms with E-state index in [0.717, 1.165) is 24.0 Å². The molecule has 1 aromatic carbocycles. The highest BCUT2D eigenvalue weighted by molar-refractivity contribution is 5.45. The molecule has 1 fully saturated rings. The van der Waals surface area contributed by atoms with Crippen molar-refractivity contribution in [3.63, 3.8) is 0 Å². The normalized spacial score (nSPS) is 18.6. The first-order valence-electron chi connectivity index (χ1n) is 7.20. The van der Waals surface area contributed by atoms with Gasteiger partial charge in [-0.2, -0.15) is 0 Å². The van der Waals surface area contributed by atoms with Crippen molar-refractivity contribution in [3.05, 3.63) is 23.8 Å². The first kappa shape index (κ1) is 12.8. The molecule has 3 rings (SSSR count). The lowest BCUT2D eigenvalue weighted by Crippen LogP contribution is -2.29. The lowest BCUT2D eigenvalue weighted by Gasteiger charge is -2.17. The Morgan fingerprint density at radius 3 is 2.89 bits per heavy atom. The van der Waals surface area contributed by atoms with E-state index >= 15 is 0 Å². The van der Waals surface area contributed by atoms with Crippen LogP contribution >= 0.6 is 0 Å². The first-order valence-corrected chi connectivity index (χ1v) is 7.20. The molecule has 1 aromatic rings. The molecule has 0 saturated heterocycles. The second kappa shape index (κ2) is 5.80. The van der Waals surface area contributed by atoms with Crippen molar-refractivity contribution in [1.29, 1.82) is 0 Å². The third-order valence-corrected chi connectivity index (χ3v) is 3.91. The Labute approximate surface area is 114 Å². The molecular weight excluding hydrogens is 240 g/mol. The van der Waals surface area contributed by atoms with Crippen molar-refractivity contribution in [3.8, 4) is 11.5 Å². The Morgan fingerprint density at radius 2 is 2.11 bits per heavy atom. The van der Waals surface area contributed by atoms with Gasteiger partial charge in [0.2, 0.25) is 6.79 Å². The van der Waals surface area contributed by atoms with Gasteiger partial charge in [-0.3, -0.25) is 0 Å². The van der Waals surface area contributed by atoms with E-state index in [-0.39, 0.29) is 6.04 Å². The number of nitrogens with two attached hydrogens (primary N) is 1. The predicted octanol–water partition coefficient (Wildman–Crippen LogP) is 2.19. The fourth-order valence-corrected chi connectivity index (χ4v) is 2.54. The van der Waals surface area contributed by atoms with Gasteiger partial charge in [0.1, 0.15) is 0 Å². The number of fused-ring (bicyclic) bond motifs is 1. The Bertz CT molecular complexity index is 432. The van der Waals surface area contributed by atoms with Gasteiger partial charge in [0.15, 0.2) is 11.5 Å². The van der Waals surface area contributed by atoms with Gasteiger partial charge < -0.3 is 20.5 Å². The minimum atomic E-state index is 0.203. The molecule has 0 spiro atoms. The van der Waals surface area contributed by atoms with Crippen molar-refractivity contribution in [2.45, 2.75) is 31.7 Å². The Hall–Kier alpha value is -1.26. The monoisotopic (exact) mass is 262 g/mol. The van der Waals surface area contributed by atoms with Crippen LogP contribution in [0.15, 0.2) is 18.2 Å². The van der Waals surface area contributed by atoms with E-state index < -0.39 is 0 Å². The maximum atomic E-state index is 5.87. The fraction of sp³-hybridized carbons (Fsp3) is 0.600. The summed E-state index contributed by atoms with van der Waals surface area (Å²) in [6, 6.07) is 6.27. The maximum Gasteiger partial charge on any atom is 0.231 e. The SMILES string of the molecule is NCC(NCCCC1CC1)c1ccc2c(c1)OCO2. The first-order chi connectivity index (χ1) is 9.36. The van der Waals surface area contributed by atoms with E-state index in [4.69, 9.17) is 15.2 Å². The lowest BCUT2D eigenvalue weighted by atomic mass is 10.1. The molecule has 1 aliphatic carbocycles. The molecule has 2 aliphatic rings. The summed E-state index contributed by atoms with van der Waals surface area (Å²) in [5, 5.41) is 3.54. The van der Waals surface area contributed by atoms with E-state index in [1.54, 1.807) is 0 Å². The van der Waals surface area contributed by atoms with Crippen LogP contribution in [0.3, 0.4) is 0 Å². The van der Waals surface area contributed by atoms with Crippen LogP contribution < -0.4 is 20.5 Å². The number of nitrogens with one attached hydrogen (secondary N) is 1. The minimum Gasteiger partial charge on any atom is -0.454 e. The van der Waals surface area contributed by atoms with Gasteiger partial charge in [0, 0.05) is 12.6 Å². The van der Waals surface area contributed by atoms with Gasteiger partial charge in [-0.05, 0) is 43.0 Å². The molecule has 104 valence electrons. The Morgan fingerprint density at radius 1 is 1.26 bits per heavy atom. The quantitative estimate of drug-likeness (QED) is 0.740. The van der Waals surface area contributed by atoms with Crippen LogP contribution in [0.1, 0.15) is 37.3 Å². The topological polar surface area (TPSA) is 56.5 Å². The van der Waals surface area contributed by atoms with Crippen LogP contribution in [0.4, 0.5) is 0 Å². The molecule has 0 aromatic heterocycles. The summed E-state index contributed by atoms with van der Waals surface area (Å²) < 4.78 is 10.7. The van der Waals surface area contributed by atoms with E-state index in [1.807, 2.05) is 12.1 Å². The zero-order chi connectivity index (χ0) is 13.1. The zero-order valence-corrected chi connectivity index (χ0v) is 11.2. The smallest absolute Gasteiger partial charge is 0.231 e. The fourth-order valence-electron chi connectivity index (χ4n) is 2.54. The number of hydrogen-bond donors (Lipinski definition) is 2. The molecule has 1 unspecified atom stereocenters. The average Bonchev–Trinajstić information content (AvgIpc) is 3.14. The van der Waals surface area contributed by atoms with E-state index in [0.29, 0.717) is 13.3 Å². The van der Waals surface area contributed by atoms with Crippen molar-refractivity contribution in [2.24, 2.45) is 11.7 Å². The van der Waals surface area contributed by atoms with Crippen LogP contribution in [-0.4, -0.2) is 19.9 Å². The highest BCUT2D eigenvalue weighted by Gasteiger charge is 2.20. The second-order valence-electron chi connectivity index (χ2n) is 5.44. The standard InChI is InChI=1S/C15H22N2O2/c16-9-13(17-7-1-2-11-3-4-11)12-5-6-14-15(8-12)19-10-18-14/h5-6,8,11,13,17H,1-4,7,9-10,16H2. The summed E-state index contributed by atoms with van der Waals surface area (Å²) in [5.74, 6) is 2.66. The zero-order valence-electron chi connectivity index (χ0n) is 11.2. The third-order valence-electron chi connectivity index (χ3n) is 3.91. The van der Waals surface area contributed by atoms with Crippen molar-refractivity contribution < 1.29 is 9.47 Å². The molecule has 3 N–H and O–H groups in total. The van der Waals surface area contributed by atoms with Crippen LogP contribution in [0, 0.1) is 5.92 Å². The summed E-state index contributed by atoms with van der Waals surface area (Å²) >= 11 is 0. The van der Waals surface area contributed by atoms with Crippen molar-refractivity contribution >= 4 is 0 Å². The van der Waals surface area contributed by atoms with Gasteiger partial charge in [0.25, 0.3) is 0 Å². The van der Waals surface area contributed by atoms with Gasteiger partial charge in [-0.1, -0.05) is 18.9 Å². The Balaban J connectivity index is 1.54. The van der Waals surface area contributed by atoms with Crippen molar-refractivity contribution in [2.75, 3.05) is 19.9 Å². The largest absolute Gasteiger partial charge is 0.454 e. The molecule has 0 radical (unpaired) electrons. The van der Waals surface area contributed by atoms with Gasteiger partial charge >= 0.3 is 0 Å². The molecule has 1 saturated carbocycles. The number of ether oxygens (including phenoxy) is 2. The predicted molar refractivity (Wildman–Crippen MR) is 74.3 cm³/mol. The summed E-state index contributed by atoms with van der Waals surface area (Å²) in [5.41, 5.74) is 7.05. The molecule has 1 heterocycles. The summed E-state index contributed by atoms with van der Waals surface area (Å²) in [4.78, 5) is 0. The maximum absolute atomic E-state index is 5.87. The van der Waals surface area contributed by atoms with Crippen LogP contribution in [0.2, 0.25) is 0 Å². The lowest BCUT2D eigenvalue weighted by molar-refractivity contribution is 0.174. The summed E-state index contributed by atoms with van der Waals surface area (Å²) in [6.45, 7) is 1.96. The molecule has 19 heavy (non-hydrogen) atoms. The van der Waals surface area contributed by atoms with Gasteiger partial charge in [0.05, 0.1) is 0 Å². The average molecular weight is 262 g/mol. The molecule has 0 bridgehead atoms. The number of benzene rings is 1. The van der Waals surface area contributed by atoms with E-state index in [1.165, 1.54) is 31.2 Å². The number of hydrogen-bond acceptors (Lipinski definition) is 4. The second-order valence-corrected chi connectivity index (χ2v) is 5.44.